The van der Waals surface area contributed by atoms with Crippen LogP contribution in [0.1, 0.15) is 36.3 Å². The number of nitrogens with one attached hydrogen (secondary N) is 1. The molecule has 2 rings (SSSR count). The molecule has 1 N–H and O–H groups in total. The van der Waals surface area contributed by atoms with Crippen molar-refractivity contribution in [3.63, 3.8) is 0 Å². The number of pyridine rings is 1. The van der Waals surface area contributed by atoms with Crippen LogP contribution in [-0.2, 0) is 6.18 Å². The Morgan fingerprint density at radius 3 is 2.75 bits per heavy atom. The lowest BCUT2D eigenvalue weighted by molar-refractivity contribution is -0.138. The SMILES string of the molecule is CCCNC(c1ccco1)c1cnccc1C(F)(F)F. The van der Waals surface area contributed by atoms with Crippen LogP contribution in [0.15, 0.2) is 41.3 Å². The highest BCUT2D eigenvalue weighted by Crippen LogP contribution is 2.36. The topological polar surface area (TPSA) is 38.1 Å². The Morgan fingerprint density at radius 1 is 1.35 bits per heavy atom. The van der Waals surface area contributed by atoms with E-state index in [0.717, 1.165) is 18.7 Å². The summed E-state index contributed by atoms with van der Waals surface area (Å²) in [5, 5.41) is 3.07. The highest BCUT2D eigenvalue weighted by atomic mass is 19.4. The largest absolute Gasteiger partial charge is 0.467 e. The quantitative estimate of drug-likeness (QED) is 0.908. The highest BCUT2D eigenvalue weighted by Gasteiger charge is 2.36. The fourth-order valence-electron chi connectivity index (χ4n) is 2.00. The van der Waals surface area contributed by atoms with Gasteiger partial charge in [0.25, 0.3) is 0 Å². The Bertz CT molecular complexity index is 538. The molecule has 0 fully saturated rings. The third kappa shape index (κ3) is 3.19. The Kier molecular flexibility index (Phi) is 4.44. The summed E-state index contributed by atoms with van der Waals surface area (Å²) in [6.45, 7) is 2.53. The highest BCUT2D eigenvalue weighted by molar-refractivity contribution is 5.34. The Hall–Kier alpha value is -1.82. The number of aromatic nitrogens is 1. The van der Waals surface area contributed by atoms with Gasteiger partial charge in [0.15, 0.2) is 0 Å². The molecule has 0 aliphatic rings. The second kappa shape index (κ2) is 6.09. The molecule has 0 radical (unpaired) electrons. The fourth-order valence-corrected chi connectivity index (χ4v) is 2.00. The number of nitrogens with zero attached hydrogens (tertiary/aromatic N) is 1. The number of halogens is 3. The molecule has 0 saturated carbocycles. The van der Waals surface area contributed by atoms with Crippen LogP contribution >= 0.6 is 0 Å². The third-order valence-corrected chi connectivity index (χ3v) is 2.89. The summed E-state index contributed by atoms with van der Waals surface area (Å²) in [6.07, 6.45) is 0.208. The smallest absolute Gasteiger partial charge is 0.416 e. The van der Waals surface area contributed by atoms with E-state index in [1.807, 2.05) is 6.92 Å². The summed E-state index contributed by atoms with van der Waals surface area (Å²) < 4.78 is 44.5. The zero-order valence-electron chi connectivity index (χ0n) is 10.9. The van der Waals surface area contributed by atoms with E-state index in [0.29, 0.717) is 12.3 Å². The normalized spacial score (nSPS) is 13.4. The maximum absolute atomic E-state index is 13.1. The van der Waals surface area contributed by atoms with Gasteiger partial charge in [-0.05, 0) is 31.2 Å². The van der Waals surface area contributed by atoms with Gasteiger partial charge in [-0.15, -0.1) is 0 Å². The van der Waals surface area contributed by atoms with Crippen LogP contribution in [0.5, 0.6) is 0 Å². The zero-order valence-corrected chi connectivity index (χ0v) is 10.9. The zero-order chi connectivity index (χ0) is 14.6. The molecule has 0 bridgehead atoms. The average Bonchev–Trinajstić information content (AvgIpc) is 2.92. The van der Waals surface area contributed by atoms with Crippen molar-refractivity contribution >= 4 is 0 Å². The monoisotopic (exact) mass is 284 g/mol. The number of rotatable bonds is 5. The number of hydrogen-bond donors (Lipinski definition) is 1. The van der Waals surface area contributed by atoms with Crippen molar-refractivity contribution in [3.8, 4) is 0 Å². The van der Waals surface area contributed by atoms with E-state index in [1.165, 1.54) is 12.5 Å². The van der Waals surface area contributed by atoms with Gasteiger partial charge in [-0.1, -0.05) is 6.92 Å². The molecule has 6 heteroatoms. The van der Waals surface area contributed by atoms with E-state index in [-0.39, 0.29) is 5.56 Å². The fraction of sp³-hybridized carbons (Fsp3) is 0.357. The van der Waals surface area contributed by atoms with Gasteiger partial charge in [-0.25, -0.2) is 0 Å². The molecule has 2 heterocycles. The molecular formula is C14H15F3N2O. The molecule has 0 saturated heterocycles. The molecule has 3 nitrogen and oxygen atoms in total. The molecule has 0 aliphatic heterocycles. The van der Waals surface area contributed by atoms with Crippen molar-refractivity contribution in [2.75, 3.05) is 6.54 Å². The van der Waals surface area contributed by atoms with Crippen molar-refractivity contribution in [3.05, 3.63) is 53.7 Å². The van der Waals surface area contributed by atoms with Crippen LogP contribution in [0.2, 0.25) is 0 Å². The van der Waals surface area contributed by atoms with Gasteiger partial charge in [-0.2, -0.15) is 13.2 Å². The van der Waals surface area contributed by atoms with Gasteiger partial charge in [0.05, 0.1) is 17.9 Å². The van der Waals surface area contributed by atoms with Crippen LogP contribution in [0, 0.1) is 0 Å². The molecule has 1 unspecified atom stereocenters. The number of hydrogen-bond acceptors (Lipinski definition) is 3. The lowest BCUT2D eigenvalue weighted by Gasteiger charge is -2.20. The van der Waals surface area contributed by atoms with Gasteiger partial charge in [0, 0.05) is 18.0 Å². The predicted octanol–water partition coefficient (Wildman–Crippen LogP) is 3.78. The van der Waals surface area contributed by atoms with E-state index >= 15 is 0 Å². The third-order valence-electron chi connectivity index (χ3n) is 2.89. The van der Waals surface area contributed by atoms with Crippen LogP contribution in [-0.4, -0.2) is 11.5 Å². The second-order valence-corrected chi connectivity index (χ2v) is 4.36. The van der Waals surface area contributed by atoms with Crippen LogP contribution in [0.25, 0.3) is 0 Å². The van der Waals surface area contributed by atoms with E-state index in [4.69, 9.17) is 4.42 Å². The lowest BCUT2D eigenvalue weighted by atomic mass is 10.0. The van der Waals surface area contributed by atoms with E-state index < -0.39 is 17.8 Å². The van der Waals surface area contributed by atoms with Crippen molar-refractivity contribution in [2.24, 2.45) is 0 Å². The van der Waals surface area contributed by atoms with E-state index in [1.54, 1.807) is 12.1 Å². The van der Waals surface area contributed by atoms with Crippen LogP contribution in [0.4, 0.5) is 13.2 Å². The summed E-state index contributed by atoms with van der Waals surface area (Å²) in [4.78, 5) is 3.82. The number of alkyl halides is 3. The first-order valence-corrected chi connectivity index (χ1v) is 6.32. The van der Waals surface area contributed by atoms with Gasteiger partial charge in [0.1, 0.15) is 5.76 Å². The Labute approximate surface area is 114 Å². The Morgan fingerprint density at radius 2 is 2.15 bits per heavy atom. The van der Waals surface area contributed by atoms with Crippen LogP contribution < -0.4 is 5.32 Å². The van der Waals surface area contributed by atoms with Crippen molar-refractivity contribution in [1.82, 2.24) is 10.3 Å². The summed E-state index contributed by atoms with van der Waals surface area (Å²) in [5.41, 5.74) is -0.624. The van der Waals surface area contributed by atoms with Gasteiger partial charge in [-0.3, -0.25) is 4.98 Å². The summed E-state index contributed by atoms with van der Waals surface area (Å²) >= 11 is 0. The average molecular weight is 284 g/mol. The molecule has 0 aromatic carbocycles. The minimum atomic E-state index is -4.42. The molecule has 20 heavy (non-hydrogen) atoms. The second-order valence-electron chi connectivity index (χ2n) is 4.36. The minimum Gasteiger partial charge on any atom is -0.467 e. The first kappa shape index (κ1) is 14.6. The molecule has 108 valence electrons. The van der Waals surface area contributed by atoms with Crippen molar-refractivity contribution in [1.29, 1.82) is 0 Å². The van der Waals surface area contributed by atoms with Crippen molar-refractivity contribution < 1.29 is 17.6 Å². The standard InChI is InChI=1S/C14H15F3N2O/c1-2-6-19-13(12-4-3-8-20-12)10-9-18-7-5-11(10)14(15,16)17/h3-5,7-9,13,19H,2,6H2,1H3. The van der Waals surface area contributed by atoms with Gasteiger partial charge >= 0.3 is 6.18 Å². The van der Waals surface area contributed by atoms with Crippen molar-refractivity contribution in [2.45, 2.75) is 25.6 Å². The Balaban J connectivity index is 2.44. The number of furan rings is 1. The molecule has 1 atom stereocenters. The molecule has 2 aromatic heterocycles. The summed E-state index contributed by atoms with van der Waals surface area (Å²) in [6, 6.07) is 3.63. The first-order chi connectivity index (χ1) is 9.54. The van der Waals surface area contributed by atoms with E-state index in [2.05, 4.69) is 10.3 Å². The van der Waals surface area contributed by atoms with Gasteiger partial charge in [0.2, 0.25) is 0 Å². The molecule has 0 aliphatic carbocycles. The molecule has 0 spiro atoms. The first-order valence-electron chi connectivity index (χ1n) is 6.32. The van der Waals surface area contributed by atoms with E-state index in [9.17, 15) is 13.2 Å². The molecule has 0 amide bonds. The summed E-state index contributed by atoms with van der Waals surface area (Å²) in [5.74, 6) is 0.442. The molecule has 2 aromatic rings. The molecular weight excluding hydrogens is 269 g/mol. The predicted molar refractivity (Wildman–Crippen MR) is 68.1 cm³/mol. The summed E-state index contributed by atoms with van der Waals surface area (Å²) in [7, 11) is 0. The van der Waals surface area contributed by atoms with Gasteiger partial charge < -0.3 is 9.73 Å². The lowest BCUT2D eigenvalue weighted by Crippen LogP contribution is -2.25. The maximum Gasteiger partial charge on any atom is 0.416 e. The van der Waals surface area contributed by atoms with Crippen LogP contribution in [0.3, 0.4) is 0 Å². The minimum absolute atomic E-state index is 0.0726. The maximum atomic E-state index is 13.1.